The molecule has 0 unspecified atom stereocenters. The lowest BCUT2D eigenvalue weighted by atomic mass is 10.2. The molecule has 144 valence electrons. The molecule has 1 heterocycles. The van der Waals surface area contributed by atoms with Crippen molar-refractivity contribution in [1.29, 1.82) is 0 Å². The molecule has 0 bridgehead atoms. The van der Waals surface area contributed by atoms with Crippen LogP contribution in [-0.2, 0) is 27.4 Å². The van der Waals surface area contributed by atoms with Gasteiger partial charge in [-0.3, -0.25) is 9.59 Å². The molecule has 0 fully saturated rings. The Morgan fingerprint density at radius 3 is 2.43 bits per heavy atom. The van der Waals surface area contributed by atoms with Crippen molar-refractivity contribution >= 4 is 28.9 Å². The van der Waals surface area contributed by atoms with Crippen LogP contribution < -0.4 is 10.1 Å². The van der Waals surface area contributed by atoms with Gasteiger partial charge in [-0.25, -0.2) is 0 Å². The molecule has 1 N–H and O–H groups in total. The van der Waals surface area contributed by atoms with E-state index < -0.39 is 12.1 Å². The molecule has 28 heavy (non-hydrogen) atoms. The first-order valence-corrected chi connectivity index (χ1v) is 9.77. The third-order valence-electron chi connectivity index (χ3n) is 3.95. The average Bonchev–Trinajstić information content (AvgIpc) is 3.21. The molecule has 0 aliphatic rings. The topological polar surface area (TPSA) is 64.6 Å². The number of ether oxygens (including phenoxy) is 2. The van der Waals surface area contributed by atoms with Gasteiger partial charge >= 0.3 is 5.97 Å². The molecule has 0 aliphatic heterocycles. The van der Waals surface area contributed by atoms with Gasteiger partial charge in [0, 0.05) is 10.6 Å². The predicted molar refractivity (Wildman–Crippen MR) is 109 cm³/mol. The fraction of sp³-hybridized carbons (Fsp3) is 0.182. The van der Waals surface area contributed by atoms with Crippen molar-refractivity contribution in [3.05, 3.63) is 82.6 Å². The molecule has 0 radical (unpaired) electrons. The number of nitrogens with one attached hydrogen (secondary N) is 1. The molecular weight excluding hydrogens is 374 g/mol. The fourth-order valence-corrected chi connectivity index (χ4v) is 3.16. The van der Waals surface area contributed by atoms with Crippen LogP contribution in [0.3, 0.4) is 0 Å². The van der Waals surface area contributed by atoms with Crippen molar-refractivity contribution in [2.24, 2.45) is 0 Å². The number of esters is 1. The van der Waals surface area contributed by atoms with Crippen LogP contribution in [0.15, 0.2) is 72.1 Å². The van der Waals surface area contributed by atoms with E-state index in [4.69, 9.17) is 9.47 Å². The number of hydrogen-bond acceptors (Lipinski definition) is 5. The molecule has 0 aliphatic carbocycles. The van der Waals surface area contributed by atoms with E-state index in [1.807, 2.05) is 47.8 Å². The van der Waals surface area contributed by atoms with Crippen molar-refractivity contribution in [2.75, 3.05) is 5.32 Å². The second-order valence-electron chi connectivity index (χ2n) is 6.18. The highest BCUT2D eigenvalue weighted by Crippen LogP contribution is 2.18. The summed E-state index contributed by atoms with van der Waals surface area (Å²) in [5, 5.41) is 4.63. The Balaban J connectivity index is 1.46. The molecule has 0 saturated carbocycles. The zero-order valence-electron chi connectivity index (χ0n) is 15.5. The highest BCUT2D eigenvalue weighted by Gasteiger charge is 2.18. The largest absolute Gasteiger partial charge is 0.489 e. The molecule has 5 nitrogen and oxygen atoms in total. The molecule has 0 saturated heterocycles. The van der Waals surface area contributed by atoms with Crippen molar-refractivity contribution in [3.8, 4) is 5.75 Å². The zero-order chi connectivity index (χ0) is 19.8. The maximum atomic E-state index is 12.2. The lowest BCUT2D eigenvalue weighted by Crippen LogP contribution is -2.30. The Bertz CT molecular complexity index is 892. The molecule has 2 aromatic carbocycles. The Morgan fingerprint density at radius 2 is 1.75 bits per heavy atom. The normalized spacial score (nSPS) is 11.5. The second kappa shape index (κ2) is 9.71. The number of benzene rings is 2. The minimum Gasteiger partial charge on any atom is -0.489 e. The van der Waals surface area contributed by atoms with Crippen molar-refractivity contribution in [3.63, 3.8) is 0 Å². The number of rotatable bonds is 8. The van der Waals surface area contributed by atoms with E-state index in [0.29, 0.717) is 18.0 Å². The standard InChI is InChI=1S/C22H21NO4S/c1-16(27-21(24)14-20-8-5-13-28-20)22(25)23-18-9-11-19(12-10-18)26-15-17-6-3-2-4-7-17/h2-13,16H,14-15H2,1H3,(H,23,25)/t16-/m1/s1. The van der Waals surface area contributed by atoms with E-state index in [9.17, 15) is 9.59 Å². The SMILES string of the molecule is C[C@@H](OC(=O)Cc1cccs1)C(=O)Nc1ccc(OCc2ccccc2)cc1. The Morgan fingerprint density at radius 1 is 1.00 bits per heavy atom. The maximum Gasteiger partial charge on any atom is 0.311 e. The van der Waals surface area contributed by atoms with Gasteiger partial charge in [-0.2, -0.15) is 0 Å². The highest BCUT2D eigenvalue weighted by atomic mass is 32.1. The summed E-state index contributed by atoms with van der Waals surface area (Å²) < 4.78 is 10.9. The van der Waals surface area contributed by atoms with Crippen LogP contribution in [0.4, 0.5) is 5.69 Å². The number of anilines is 1. The van der Waals surface area contributed by atoms with Crippen LogP contribution >= 0.6 is 11.3 Å². The smallest absolute Gasteiger partial charge is 0.311 e. The van der Waals surface area contributed by atoms with Gasteiger partial charge in [0.1, 0.15) is 12.4 Å². The summed E-state index contributed by atoms with van der Waals surface area (Å²) in [6.45, 7) is 2.03. The molecule has 6 heteroatoms. The highest BCUT2D eigenvalue weighted by molar-refractivity contribution is 7.10. The van der Waals surface area contributed by atoms with Gasteiger partial charge in [-0.15, -0.1) is 11.3 Å². The molecule has 3 aromatic rings. The summed E-state index contributed by atoms with van der Waals surface area (Å²) in [4.78, 5) is 25.0. The van der Waals surface area contributed by atoms with E-state index in [1.54, 1.807) is 31.2 Å². The summed E-state index contributed by atoms with van der Waals surface area (Å²) in [5.41, 5.74) is 1.69. The number of thiophene rings is 1. The van der Waals surface area contributed by atoms with Crippen LogP contribution in [0.5, 0.6) is 5.75 Å². The summed E-state index contributed by atoms with van der Waals surface area (Å²) in [7, 11) is 0. The van der Waals surface area contributed by atoms with Crippen LogP contribution in [-0.4, -0.2) is 18.0 Å². The Labute approximate surface area is 167 Å². The van der Waals surface area contributed by atoms with Gasteiger partial charge in [0.15, 0.2) is 6.10 Å². The Kier molecular flexibility index (Phi) is 6.81. The van der Waals surface area contributed by atoms with Crippen LogP contribution in [0.2, 0.25) is 0 Å². The third-order valence-corrected chi connectivity index (χ3v) is 4.82. The van der Waals surface area contributed by atoms with E-state index in [0.717, 1.165) is 10.4 Å². The van der Waals surface area contributed by atoms with Crippen molar-refractivity contribution < 1.29 is 19.1 Å². The van der Waals surface area contributed by atoms with Crippen molar-refractivity contribution in [2.45, 2.75) is 26.1 Å². The lowest BCUT2D eigenvalue weighted by Gasteiger charge is -2.14. The first-order valence-electron chi connectivity index (χ1n) is 8.89. The summed E-state index contributed by atoms with van der Waals surface area (Å²) in [6, 6.07) is 20.7. The van der Waals surface area contributed by atoms with Crippen LogP contribution in [0, 0.1) is 0 Å². The van der Waals surface area contributed by atoms with E-state index in [1.165, 1.54) is 11.3 Å². The summed E-state index contributed by atoms with van der Waals surface area (Å²) >= 11 is 1.48. The van der Waals surface area contributed by atoms with E-state index in [2.05, 4.69) is 5.32 Å². The molecule has 1 atom stereocenters. The van der Waals surface area contributed by atoms with Gasteiger partial charge in [-0.05, 0) is 48.2 Å². The van der Waals surface area contributed by atoms with E-state index in [-0.39, 0.29) is 12.3 Å². The van der Waals surface area contributed by atoms with Crippen LogP contribution in [0.25, 0.3) is 0 Å². The number of amides is 1. The van der Waals surface area contributed by atoms with Gasteiger partial charge in [0.25, 0.3) is 5.91 Å². The minimum atomic E-state index is -0.874. The first kappa shape index (κ1) is 19.6. The predicted octanol–water partition coefficient (Wildman–Crippen LogP) is 4.44. The lowest BCUT2D eigenvalue weighted by molar-refractivity contribution is -0.152. The van der Waals surface area contributed by atoms with Gasteiger partial charge < -0.3 is 14.8 Å². The fourth-order valence-electron chi connectivity index (χ4n) is 2.47. The van der Waals surface area contributed by atoms with Crippen LogP contribution in [0.1, 0.15) is 17.4 Å². The molecule has 1 amide bonds. The monoisotopic (exact) mass is 395 g/mol. The van der Waals surface area contributed by atoms with E-state index >= 15 is 0 Å². The molecule has 0 spiro atoms. The maximum absolute atomic E-state index is 12.2. The summed E-state index contributed by atoms with van der Waals surface area (Å²) in [6.07, 6.45) is -0.704. The number of carbonyl (C=O) groups is 2. The zero-order valence-corrected chi connectivity index (χ0v) is 16.3. The minimum absolute atomic E-state index is 0.169. The first-order chi connectivity index (χ1) is 13.6. The third kappa shape index (κ3) is 5.96. The average molecular weight is 395 g/mol. The van der Waals surface area contributed by atoms with Gasteiger partial charge in [-0.1, -0.05) is 36.4 Å². The van der Waals surface area contributed by atoms with Gasteiger partial charge in [0.05, 0.1) is 6.42 Å². The second-order valence-corrected chi connectivity index (χ2v) is 7.21. The number of hydrogen-bond donors (Lipinski definition) is 1. The quantitative estimate of drug-likeness (QED) is 0.573. The Hall–Kier alpha value is -3.12. The van der Waals surface area contributed by atoms with Crippen molar-refractivity contribution in [1.82, 2.24) is 0 Å². The van der Waals surface area contributed by atoms with Gasteiger partial charge in [0.2, 0.25) is 0 Å². The molecule has 3 rings (SSSR count). The summed E-state index contributed by atoms with van der Waals surface area (Å²) in [5.74, 6) is -0.0930. The number of carbonyl (C=O) groups excluding carboxylic acids is 2. The molecule has 1 aromatic heterocycles. The molecular formula is C22H21NO4S.